The highest BCUT2D eigenvalue weighted by molar-refractivity contribution is 6.33. The molecular formula is C20H17ClN2O3. The maximum atomic E-state index is 12.7. The quantitative estimate of drug-likeness (QED) is 0.739. The molecule has 1 atom stereocenters. The molecule has 0 spiro atoms. The van der Waals surface area contributed by atoms with E-state index < -0.39 is 0 Å². The molecule has 3 aromatic rings. The van der Waals surface area contributed by atoms with Crippen molar-refractivity contribution in [2.45, 2.75) is 13.3 Å². The number of carbonyl (C=O) groups is 1. The predicted octanol–water partition coefficient (Wildman–Crippen LogP) is 4.49. The Morgan fingerprint density at radius 2 is 2.15 bits per heavy atom. The van der Waals surface area contributed by atoms with Crippen LogP contribution in [-0.2, 0) is 11.2 Å². The average Bonchev–Trinajstić information content (AvgIpc) is 3.15. The van der Waals surface area contributed by atoms with E-state index in [0.29, 0.717) is 29.5 Å². The first-order valence-corrected chi connectivity index (χ1v) is 8.70. The highest BCUT2D eigenvalue weighted by atomic mass is 35.5. The zero-order valence-electron chi connectivity index (χ0n) is 14.2. The van der Waals surface area contributed by atoms with Gasteiger partial charge in [0.2, 0.25) is 5.91 Å². The molecule has 5 nitrogen and oxygen atoms in total. The second kappa shape index (κ2) is 6.84. The maximum absolute atomic E-state index is 12.7. The number of hydrogen-bond acceptors (Lipinski definition) is 4. The lowest BCUT2D eigenvalue weighted by Crippen LogP contribution is -2.32. The normalized spacial score (nSPS) is 15.8. The Bertz CT molecular complexity index is 930. The van der Waals surface area contributed by atoms with Crippen LogP contribution in [0.2, 0.25) is 5.02 Å². The van der Waals surface area contributed by atoms with E-state index in [1.165, 1.54) is 6.39 Å². The van der Waals surface area contributed by atoms with Crippen LogP contribution in [0.1, 0.15) is 11.1 Å². The molecule has 4 rings (SSSR count). The first-order valence-electron chi connectivity index (χ1n) is 8.32. The van der Waals surface area contributed by atoms with E-state index in [9.17, 15) is 4.79 Å². The number of aromatic nitrogens is 1. The van der Waals surface area contributed by atoms with Crippen molar-refractivity contribution in [2.24, 2.45) is 5.92 Å². The van der Waals surface area contributed by atoms with E-state index in [2.05, 4.69) is 10.3 Å². The monoisotopic (exact) mass is 368 g/mol. The van der Waals surface area contributed by atoms with Crippen LogP contribution in [0.3, 0.4) is 0 Å². The maximum Gasteiger partial charge on any atom is 0.231 e. The van der Waals surface area contributed by atoms with E-state index in [-0.39, 0.29) is 11.8 Å². The summed E-state index contributed by atoms with van der Waals surface area (Å²) in [5.41, 5.74) is 3.38. The summed E-state index contributed by atoms with van der Waals surface area (Å²) in [6, 6.07) is 11.4. The summed E-state index contributed by atoms with van der Waals surface area (Å²) in [5, 5.41) is 3.45. The molecule has 6 heteroatoms. The summed E-state index contributed by atoms with van der Waals surface area (Å²) >= 11 is 6.40. The molecule has 132 valence electrons. The van der Waals surface area contributed by atoms with Gasteiger partial charge in [-0.2, -0.15) is 0 Å². The Hall–Kier alpha value is -2.79. The van der Waals surface area contributed by atoms with Gasteiger partial charge in [0.25, 0.3) is 0 Å². The number of para-hydroxylation sites is 1. The number of nitrogens with zero attached hydrogens (tertiary/aromatic N) is 1. The molecule has 2 heterocycles. The van der Waals surface area contributed by atoms with Crippen LogP contribution in [0, 0.1) is 12.8 Å². The van der Waals surface area contributed by atoms with Gasteiger partial charge in [-0.25, -0.2) is 4.98 Å². The molecular weight excluding hydrogens is 352 g/mol. The van der Waals surface area contributed by atoms with Crippen LogP contribution >= 0.6 is 11.6 Å². The number of carbonyl (C=O) groups excluding carboxylic acids is 1. The summed E-state index contributed by atoms with van der Waals surface area (Å²) < 4.78 is 11.0. The van der Waals surface area contributed by atoms with Crippen LogP contribution in [-0.4, -0.2) is 17.5 Å². The van der Waals surface area contributed by atoms with Gasteiger partial charge in [-0.05, 0) is 42.7 Å². The number of ether oxygens (including phenoxy) is 1. The van der Waals surface area contributed by atoms with Crippen molar-refractivity contribution in [3.63, 3.8) is 0 Å². The second-order valence-electron chi connectivity index (χ2n) is 6.32. The van der Waals surface area contributed by atoms with Gasteiger partial charge in [-0.15, -0.1) is 0 Å². The molecule has 0 radical (unpaired) electrons. The molecule has 1 aromatic heterocycles. The molecule has 26 heavy (non-hydrogen) atoms. The van der Waals surface area contributed by atoms with Gasteiger partial charge < -0.3 is 14.5 Å². The summed E-state index contributed by atoms with van der Waals surface area (Å²) in [7, 11) is 0. The van der Waals surface area contributed by atoms with Gasteiger partial charge in [0, 0.05) is 11.3 Å². The first kappa shape index (κ1) is 16.7. The number of fused-ring (bicyclic) bond motifs is 1. The van der Waals surface area contributed by atoms with E-state index in [1.807, 2.05) is 37.3 Å². The lowest BCUT2D eigenvalue weighted by Gasteiger charge is -2.24. The van der Waals surface area contributed by atoms with Gasteiger partial charge >= 0.3 is 0 Å². The number of benzene rings is 2. The van der Waals surface area contributed by atoms with Gasteiger partial charge in [-0.3, -0.25) is 4.79 Å². The molecule has 0 saturated carbocycles. The van der Waals surface area contributed by atoms with Crippen molar-refractivity contribution >= 4 is 23.2 Å². The predicted molar refractivity (Wildman–Crippen MR) is 99.4 cm³/mol. The minimum Gasteiger partial charge on any atom is -0.492 e. The molecule has 1 amide bonds. The van der Waals surface area contributed by atoms with Gasteiger partial charge in [-0.1, -0.05) is 29.8 Å². The van der Waals surface area contributed by atoms with E-state index >= 15 is 0 Å². The molecule has 1 aliphatic heterocycles. The highest BCUT2D eigenvalue weighted by Crippen LogP contribution is 2.34. The van der Waals surface area contributed by atoms with Crippen molar-refractivity contribution in [1.82, 2.24) is 4.98 Å². The third-order valence-electron chi connectivity index (χ3n) is 4.48. The number of oxazole rings is 1. The van der Waals surface area contributed by atoms with E-state index in [0.717, 1.165) is 22.4 Å². The molecule has 1 unspecified atom stereocenters. The summed E-state index contributed by atoms with van der Waals surface area (Å²) in [4.78, 5) is 16.6. The molecule has 0 aliphatic carbocycles. The van der Waals surface area contributed by atoms with Gasteiger partial charge in [0.1, 0.15) is 12.4 Å². The van der Waals surface area contributed by atoms with Crippen LogP contribution in [0.5, 0.6) is 5.75 Å². The van der Waals surface area contributed by atoms with Gasteiger partial charge in [0.15, 0.2) is 12.2 Å². The minimum atomic E-state index is -0.238. The van der Waals surface area contributed by atoms with Crippen molar-refractivity contribution in [1.29, 1.82) is 0 Å². The fourth-order valence-electron chi connectivity index (χ4n) is 3.21. The molecule has 1 N–H and O–H groups in total. The number of anilines is 1. The van der Waals surface area contributed by atoms with Crippen molar-refractivity contribution < 1.29 is 13.9 Å². The SMILES string of the molecule is Cc1cc(NC(=O)C2COc3ccccc3C2)cc(Cl)c1-c1cnco1. The fourth-order valence-corrected chi connectivity index (χ4v) is 3.57. The molecule has 0 saturated heterocycles. The standard InChI is InChI=1S/C20H17ClN2O3/c1-12-6-15(8-16(21)19(12)18-9-22-11-26-18)23-20(24)14-7-13-4-2-3-5-17(13)25-10-14/h2-6,8-9,11,14H,7,10H2,1H3,(H,23,24). The third-order valence-corrected chi connectivity index (χ3v) is 4.78. The van der Waals surface area contributed by atoms with E-state index in [1.54, 1.807) is 12.3 Å². The van der Waals surface area contributed by atoms with Crippen molar-refractivity contribution in [3.05, 3.63) is 65.1 Å². The summed E-state index contributed by atoms with van der Waals surface area (Å²) in [5.74, 6) is 1.13. The Balaban J connectivity index is 1.52. The highest BCUT2D eigenvalue weighted by Gasteiger charge is 2.26. The third kappa shape index (κ3) is 3.18. The largest absolute Gasteiger partial charge is 0.492 e. The summed E-state index contributed by atoms with van der Waals surface area (Å²) in [6.07, 6.45) is 3.63. The number of rotatable bonds is 3. The molecule has 0 bridgehead atoms. The van der Waals surface area contributed by atoms with Crippen LogP contribution < -0.4 is 10.1 Å². The Morgan fingerprint density at radius 1 is 1.31 bits per heavy atom. The fraction of sp³-hybridized carbons (Fsp3) is 0.200. The van der Waals surface area contributed by atoms with Crippen molar-refractivity contribution in [3.8, 4) is 17.1 Å². The average molecular weight is 369 g/mol. The van der Waals surface area contributed by atoms with Crippen LogP contribution in [0.25, 0.3) is 11.3 Å². The minimum absolute atomic E-state index is 0.0811. The van der Waals surface area contributed by atoms with E-state index in [4.69, 9.17) is 20.8 Å². The smallest absolute Gasteiger partial charge is 0.231 e. The Kier molecular flexibility index (Phi) is 4.39. The van der Waals surface area contributed by atoms with Crippen LogP contribution in [0.15, 0.2) is 53.4 Å². The van der Waals surface area contributed by atoms with Gasteiger partial charge in [0.05, 0.1) is 17.1 Å². The number of aryl methyl sites for hydroxylation is 1. The zero-order valence-corrected chi connectivity index (χ0v) is 14.9. The first-order chi connectivity index (χ1) is 12.6. The zero-order chi connectivity index (χ0) is 18.1. The number of amides is 1. The number of nitrogens with one attached hydrogen (secondary N) is 1. The summed E-state index contributed by atoms with van der Waals surface area (Å²) in [6.45, 7) is 2.28. The lowest BCUT2D eigenvalue weighted by molar-refractivity contribution is -0.121. The Labute approximate surface area is 156 Å². The molecule has 2 aromatic carbocycles. The van der Waals surface area contributed by atoms with Crippen molar-refractivity contribution in [2.75, 3.05) is 11.9 Å². The molecule has 0 fully saturated rings. The molecule has 1 aliphatic rings. The Morgan fingerprint density at radius 3 is 2.92 bits per heavy atom. The number of hydrogen-bond donors (Lipinski definition) is 1. The van der Waals surface area contributed by atoms with Crippen LogP contribution in [0.4, 0.5) is 5.69 Å². The lowest BCUT2D eigenvalue weighted by atomic mass is 9.96. The second-order valence-corrected chi connectivity index (χ2v) is 6.73. The number of halogens is 1. The topological polar surface area (TPSA) is 64.4 Å².